The predicted octanol–water partition coefficient (Wildman–Crippen LogP) is 3.20. The fourth-order valence-corrected chi connectivity index (χ4v) is 4.89. The molecule has 1 aliphatic heterocycles. The van der Waals surface area contributed by atoms with Crippen LogP contribution in [0.2, 0.25) is 0 Å². The Hall–Kier alpha value is -3.94. The molecule has 3 aromatic rings. The van der Waals surface area contributed by atoms with Gasteiger partial charge in [-0.15, -0.1) is 0 Å². The molecule has 0 spiro atoms. The van der Waals surface area contributed by atoms with E-state index in [1.165, 1.54) is 4.90 Å². The van der Waals surface area contributed by atoms with Crippen molar-refractivity contribution in [3.63, 3.8) is 0 Å². The highest BCUT2D eigenvalue weighted by Crippen LogP contribution is 2.32. The van der Waals surface area contributed by atoms with Crippen LogP contribution in [0.25, 0.3) is 5.69 Å². The summed E-state index contributed by atoms with van der Waals surface area (Å²) in [7, 11) is 1.63. The number of hydrogen-bond donors (Lipinski definition) is 1. The van der Waals surface area contributed by atoms with E-state index >= 15 is 0 Å². The molecule has 0 saturated carbocycles. The number of para-hydroxylation sites is 3. The van der Waals surface area contributed by atoms with E-state index in [0.717, 1.165) is 36.2 Å². The molecule has 0 saturated heterocycles. The number of nitrogens with zero attached hydrogens (tertiary/aromatic N) is 4. The number of anilines is 2. The third-order valence-electron chi connectivity index (χ3n) is 6.48. The summed E-state index contributed by atoms with van der Waals surface area (Å²) in [5.74, 6) is -0.653. The van der Waals surface area contributed by atoms with E-state index in [1.807, 2.05) is 60.1 Å². The molecule has 1 aliphatic carbocycles. The van der Waals surface area contributed by atoms with Crippen molar-refractivity contribution in [3.05, 3.63) is 71.5 Å². The van der Waals surface area contributed by atoms with Crippen LogP contribution in [0, 0.1) is 0 Å². The van der Waals surface area contributed by atoms with E-state index in [0.29, 0.717) is 17.1 Å². The first-order chi connectivity index (χ1) is 16.4. The maximum Gasteiger partial charge on any atom is 0.274 e. The lowest BCUT2D eigenvalue weighted by atomic mass is 10.1. The van der Waals surface area contributed by atoms with Gasteiger partial charge in [-0.1, -0.05) is 30.3 Å². The van der Waals surface area contributed by atoms with Crippen LogP contribution in [0.15, 0.2) is 54.6 Å². The highest BCUT2D eigenvalue weighted by molar-refractivity contribution is 6.06. The zero-order valence-corrected chi connectivity index (χ0v) is 19.3. The van der Waals surface area contributed by atoms with Gasteiger partial charge in [0.2, 0.25) is 11.8 Å². The summed E-state index contributed by atoms with van der Waals surface area (Å²) in [4.78, 5) is 42.1. The number of rotatable bonds is 4. The van der Waals surface area contributed by atoms with Crippen molar-refractivity contribution in [1.29, 1.82) is 0 Å². The Morgan fingerprint density at radius 1 is 1.09 bits per heavy atom. The van der Waals surface area contributed by atoms with Crippen LogP contribution in [-0.2, 0) is 22.4 Å². The summed E-state index contributed by atoms with van der Waals surface area (Å²) >= 11 is 0. The van der Waals surface area contributed by atoms with Gasteiger partial charge in [0.15, 0.2) is 5.69 Å². The quantitative estimate of drug-likeness (QED) is 0.652. The average molecular weight is 458 g/mol. The second-order valence-corrected chi connectivity index (χ2v) is 8.92. The molecule has 2 aromatic carbocycles. The maximum absolute atomic E-state index is 13.4. The van der Waals surface area contributed by atoms with E-state index in [1.54, 1.807) is 18.0 Å². The van der Waals surface area contributed by atoms with Gasteiger partial charge in [0.1, 0.15) is 6.54 Å². The second-order valence-electron chi connectivity index (χ2n) is 8.92. The molecule has 1 N–H and O–H groups in total. The first kappa shape index (κ1) is 21.9. The summed E-state index contributed by atoms with van der Waals surface area (Å²) in [6.07, 6.45) is 2.84. The molecule has 1 aromatic heterocycles. The van der Waals surface area contributed by atoms with E-state index in [2.05, 4.69) is 10.4 Å². The molecule has 0 bridgehead atoms. The molecule has 34 heavy (non-hydrogen) atoms. The molecule has 3 amide bonds. The van der Waals surface area contributed by atoms with Crippen molar-refractivity contribution >= 4 is 29.1 Å². The van der Waals surface area contributed by atoms with Gasteiger partial charge in [0.05, 0.1) is 17.1 Å². The smallest absolute Gasteiger partial charge is 0.274 e. The van der Waals surface area contributed by atoms with E-state index < -0.39 is 0 Å². The average Bonchev–Trinajstić information content (AvgIpc) is 3.40. The molecule has 8 nitrogen and oxygen atoms in total. The number of hydrogen-bond acceptors (Lipinski definition) is 4. The fraction of sp³-hybridized carbons (Fsp3) is 0.308. The van der Waals surface area contributed by atoms with Gasteiger partial charge < -0.3 is 15.1 Å². The first-order valence-electron chi connectivity index (χ1n) is 11.6. The van der Waals surface area contributed by atoms with Crippen LogP contribution >= 0.6 is 0 Å². The number of likely N-dealkylation sites (N-methyl/N-ethyl adjacent to an activating group) is 1. The van der Waals surface area contributed by atoms with Crippen LogP contribution in [0.4, 0.5) is 11.4 Å². The summed E-state index contributed by atoms with van der Waals surface area (Å²) in [5.41, 5.74) is 4.60. The van der Waals surface area contributed by atoms with Crippen molar-refractivity contribution in [2.45, 2.75) is 38.6 Å². The van der Waals surface area contributed by atoms with Crippen molar-refractivity contribution in [1.82, 2.24) is 14.7 Å². The largest absolute Gasteiger partial charge is 0.331 e. The molecular weight excluding hydrogens is 430 g/mol. The Balaban J connectivity index is 1.40. The molecule has 8 heteroatoms. The van der Waals surface area contributed by atoms with Crippen molar-refractivity contribution in [3.8, 4) is 5.69 Å². The van der Waals surface area contributed by atoms with Crippen molar-refractivity contribution < 1.29 is 14.4 Å². The monoisotopic (exact) mass is 457 g/mol. The molecule has 174 valence electrons. The number of carbonyl (C=O) groups is 3. The Kier molecular flexibility index (Phi) is 5.65. The van der Waals surface area contributed by atoms with Gasteiger partial charge in [-0.05, 0) is 50.5 Å². The third-order valence-corrected chi connectivity index (χ3v) is 6.48. The van der Waals surface area contributed by atoms with Gasteiger partial charge in [-0.3, -0.25) is 14.4 Å². The minimum atomic E-state index is -0.332. The summed E-state index contributed by atoms with van der Waals surface area (Å²) in [5, 5.41) is 7.52. The van der Waals surface area contributed by atoms with Crippen LogP contribution in [0.5, 0.6) is 0 Å². The summed E-state index contributed by atoms with van der Waals surface area (Å²) in [6.45, 7) is 1.73. The SMILES string of the molecule is C[C@H]1CC(=O)Nc2ccccc2N1C(=O)CN(C)C(=O)c1nn(-c2ccccc2)c2c1CCC2. The highest BCUT2D eigenvalue weighted by atomic mass is 16.2. The highest BCUT2D eigenvalue weighted by Gasteiger charge is 2.33. The molecule has 1 atom stereocenters. The molecule has 0 fully saturated rings. The van der Waals surface area contributed by atoms with Gasteiger partial charge in [-0.2, -0.15) is 5.10 Å². The van der Waals surface area contributed by atoms with E-state index in [9.17, 15) is 14.4 Å². The van der Waals surface area contributed by atoms with E-state index in [4.69, 9.17) is 0 Å². The lowest BCUT2D eigenvalue weighted by Crippen LogP contribution is -2.45. The Morgan fingerprint density at radius 2 is 1.82 bits per heavy atom. The van der Waals surface area contributed by atoms with Gasteiger partial charge in [-0.25, -0.2) is 4.68 Å². The molecule has 5 rings (SSSR count). The Morgan fingerprint density at radius 3 is 2.62 bits per heavy atom. The summed E-state index contributed by atoms with van der Waals surface area (Å²) in [6, 6.07) is 16.7. The molecule has 2 heterocycles. The molecule has 0 unspecified atom stereocenters. The van der Waals surface area contributed by atoms with Gasteiger partial charge >= 0.3 is 0 Å². The lowest BCUT2D eigenvalue weighted by Gasteiger charge is -2.29. The minimum Gasteiger partial charge on any atom is -0.331 e. The first-order valence-corrected chi connectivity index (χ1v) is 11.6. The van der Waals surface area contributed by atoms with Crippen molar-refractivity contribution in [2.75, 3.05) is 23.8 Å². The minimum absolute atomic E-state index is 0.112. The number of carbonyl (C=O) groups excluding carboxylic acids is 3. The maximum atomic E-state index is 13.4. The summed E-state index contributed by atoms with van der Waals surface area (Å²) < 4.78 is 1.86. The number of fused-ring (bicyclic) bond motifs is 2. The standard InChI is InChI=1S/C26H27N5O3/c1-17-15-23(32)27-20-12-6-7-13-22(20)30(17)24(33)16-29(2)26(34)25-19-11-8-14-21(19)31(28-25)18-9-4-3-5-10-18/h3-7,9-10,12-13,17H,8,11,14-16H2,1-2H3,(H,27,32)/t17-/m0/s1. The van der Waals surface area contributed by atoms with Gasteiger partial charge in [0.25, 0.3) is 5.91 Å². The third kappa shape index (κ3) is 3.85. The lowest BCUT2D eigenvalue weighted by molar-refractivity contribution is -0.119. The number of nitrogens with one attached hydrogen (secondary N) is 1. The zero-order valence-electron chi connectivity index (χ0n) is 19.3. The topological polar surface area (TPSA) is 87.5 Å². The normalized spacial score (nSPS) is 16.9. The van der Waals surface area contributed by atoms with Gasteiger partial charge in [0, 0.05) is 30.8 Å². The molecule has 2 aliphatic rings. The van der Waals surface area contributed by atoms with Crippen LogP contribution in [-0.4, -0.2) is 52.0 Å². The Bertz CT molecular complexity index is 1270. The number of amides is 3. The second kappa shape index (κ2) is 8.78. The van der Waals surface area contributed by atoms with Crippen LogP contribution < -0.4 is 10.2 Å². The predicted molar refractivity (Wildman–Crippen MR) is 129 cm³/mol. The fourth-order valence-electron chi connectivity index (χ4n) is 4.89. The number of benzene rings is 2. The Labute approximate surface area is 198 Å². The molecular formula is C26H27N5O3. The number of aromatic nitrogens is 2. The van der Waals surface area contributed by atoms with E-state index in [-0.39, 0.29) is 36.7 Å². The van der Waals surface area contributed by atoms with Crippen molar-refractivity contribution in [2.24, 2.45) is 0 Å². The van der Waals surface area contributed by atoms with Crippen LogP contribution in [0.1, 0.15) is 41.5 Å². The molecule has 0 radical (unpaired) electrons. The van der Waals surface area contributed by atoms with Crippen LogP contribution in [0.3, 0.4) is 0 Å². The zero-order chi connectivity index (χ0) is 23.8.